The number of carbonyl (C=O) groups excluding carboxylic acids is 2. The van der Waals surface area contributed by atoms with Gasteiger partial charge < -0.3 is 18.7 Å². The summed E-state index contributed by atoms with van der Waals surface area (Å²) in [6, 6.07) is 14.0. The lowest BCUT2D eigenvalue weighted by atomic mass is 10.1. The summed E-state index contributed by atoms with van der Waals surface area (Å²) in [6.07, 6.45) is 0.779. The van der Waals surface area contributed by atoms with E-state index >= 15 is 0 Å². The van der Waals surface area contributed by atoms with E-state index in [4.69, 9.17) is 18.7 Å². The van der Waals surface area contributed by atoms with Gasteiger partial charge in [-0.25, -0.2) is 0 Å². The van der Waals surface area contributed by atoms with E-state index in [0.29, 0.717) is 28.6 Å². The molecule has 0 saturated carbocycles. The molecular weight excluding hydrogens is 402 g/mol. The molecule has 0 fully saturated rings. The number of nitrogens with one attached hydrogen (secondary N) is 2. The summed E-state index contributed by atoms with van der Waals surface area (Å²) in [5, 5.41) is 3.75. The van der Waals surface area contributed by atoms with Crippen LogP contribution in [0, 0.1) is 0 Å². The number of amides is 2. The van der Waals surface area contributed by atoms with E-state index in [2.05, 4.69) is 16.0 Å². The average Bonchev–Trinajstić information content (AvgIpc) is 3.31. The van der Waals surface area contributed by atoms with Crippen LogP contribution in [0.2, 0.25) is 0 Å². The van der Waals surface area contributed by atoms with Gasteiger partial charge in [0, 0.05) is 6.07 Å². The third-order valence-corrected chi connectivity index (χ3v) is 4.44. The molecule has 2 amide bonds. The van der Waals surface area contributed by atoms with Crippen molar-refractivity contribution < 1.29 is 28.3 Å². The first-order valence-electron chi connectivity index (χ1n) is 9.54. The number of benzene rings is 2. The van der Waals surface area contributed by atoms with Crippen LogP contribution in [-0.4, -0.2) is 37.8 Å². The number of hydrogen-bond donors (Lipinski definition) is 2. The van der Waals surface area contributed by atoms with Gasteiger partial charge in [0.15, 0.2) is 18.1 Å². The largest absolute Gasteiger partial charge is 0.497 e. The van der Waals surface area contributed by atoms with E-state index in [1.54, 1.807) is 24.3 Å². The number of hydrazine groups is 1. The van der Waals surface area contributed by atoms with Crippen LogP contribution in [0.25, 0.3) is 11.3 Å². The van der Waals surface area contributed by atoms with Crippen LogP contribution < -0.4 is 25.1 Å². The second-order valence-corrected chi connectivity index (χ2v) is 6.39. The van der Waals surface area contributed by atoms with Gasteiger partial charge in [-0.05, 0) is 36.2 Å². The zero-order valence-electron chi connectivity index (χ0n) is 17.4. The lowest BCUT2D eigenvalue weighted by molar-refractivity contribution is -0.123. The maximum atomic E-state index is 12.3. The Hall–Kier alpha value is -4.01. The van der Waals surface area contributed by atoms with Gasteiger partial charge in [-0.1, -0.05) is 30.3 Å². The number of para-hydroxylation sites is 1. The van der Waals surface area contributed by atoms with Crippen molar-refractivity contribution in [2.45, 2.75) is 13.3 Å². The summed E-state index contributed by atoms with van der Waals surface area (Å²) >= 11 is 0. The highest BCUT2D eigenvalue weighted by atomic mass is 16.5. The molecule has 3 rings (SSSR count). The van der Waals surface area contributed by atoms with Crippen molar-refractivity contribution in [3.8, 4) is 28.6 Å². The molecule has 0 radical (unpaired) electrons. The van der Waals surface area contributed by atoms with E-state index in [1.165, 1.54) is 20.3 Å². The topological polar surface area (TPSA) is 112 Å². The Bertz CT molecular complexity index is 1060. The minimum Gasteiger partial charge on any atom is -0.497 e. The Balaban J connectivity index is 1.58. The Labute approximate surface area is 179 Å². The molecule has 0 aliphatic carbocycles. The molecule has 2 aromatic carbocycles. The zero-order valence-corrected chi connectivity index (χ0v) is 17.4. The number of nitrogens with zero attached hydrogens (tertiary/aromatic N) is 1. The highest BCUT2D eigenvalue weighted by Gasteiger charge is 2.18. The summed E-state index contributed by atoms with van der Waals surface area (Å²) in [6.45, 7) is 1.75. The lowest BCUT2D eigenvalue weighted by Gasteiger charge is -2.10. The number of aryl methyl sites for hydroxylation is 1. The number of carbonyl (C=O) groups is 2. The monoisotopic (exact) mass is 425 g/mol. The fourth-order valence-corrected chi connectivity index (χ4v) is 2.82. The van der Waals surface area contributed by atoms with Crippen LogP contribution in [0.15, 0.2) is 53.1 Å². The van der Waals surface area contributed by atoms with Crippen molar-refractivity contribution in [2.24, 2.45) is 0 Å². The van der Waals surface area contributed by atoms with Crippen LogP contribution in [0.4, 0.5) is 0 Å². The van der Waals surface area contributed by atoms with Crippen molar-refractivity contribution in [3.63, 3.8) is 0 Å². The van der Waals surface area contributed by atoms with Crippen LogP contribution >= 0.6 is 0 Å². The zero-order chi connectivity index (χ0) is 22.2. The highest BCUT2D eigenvalue weighted by molar-refractivity contribution is 5.94. The maximum Gasteiger partial charge on any atom is 0.291 e. The predicted molar refractivity (Wildman–Crippen MR) is 112 cm³/mol. The van der Waals surface area contributed by atoms with E-state index in [9.17, 15) is 9.59 Å². The molecule has 2 N–H and O–H groups in total. The minimum absolute atomic E-state index is 0.0163. The Kier molecular flexibility index (Phi) is 7.10. The van der Waals surface area contributed by atoms with E-state index in [0.717, 1.165) is 12.0 Å². The minimum atomic E-state index is -0.640. The predicted octanol–water partition coefficient (Wildman–Crippen LogP) is 2.76. The second kappa shape index (κ2) is 10.1. The normalized spacial score (nSPS) is 10.3. The summed E-state index contributed by atoms with van der Waals surface area (Å²) in [5.41, 5.74) is 6.11. The molecule has 0 bridgehead atoms. The van der Waals surface area contributed by atoms with Crippen molar-refractivity contribution in [3.05, 3.63) is 59.8 Å². The molecule has 0 atom stereocenters. The van der Waals surface area contributed by atoms with Crippen molar-refractivity contribution in [2.75, 3.05) is 20.8 Å². The van der Waals surface area contributed by atoms with Gasteiger partial charge in [0.05, 0.1) is 19.8 Å². The number of ether oxygens (including phenoxy) is 3. The van der Waals surface area contributed by atoms with Gasteiger partial charge in [0.1, 0.15) is 17.2 Å². The average molecular weight is 425 g/mol. The number of rotatable bonds is 8. The fraction of sp³-hybridized carbons (Fsp3) is 0.227. The van der Waals surface area contributed by atoms with E-state index in [1.807, 2.05) is 25.1 Å². The summed E-state index contributed by atoms with van der Waals surface area (Å²) in [7, 11) is 3.06. The molecule has 1 heterocycles. The van der Waals surface area contributed by atoms with E-state index < -0.39 is 11.8 Å². The molecule has 9 nitrogen and oxygen atoms in total. The van der Waals surface area contributed by atoms with Crippen LogP contribution in [0.1, 0.15) is 23.0 Å². The summed E-state index contributed by atoms with van der Waals surface area (Å²) < 4.78 is 21.3. The molecule has 1 aromatic heterocycles. The molecule has 0 aliphatic rings. The third kappa shape index (κ3) is 5.33. The summed E-state index contributed by atoms with van der Waals surface area (Å²) in [5.74, 6) is 0.903. The van der Waals surface area contributed by atoms with Crippen LogP contribution in [0.3, 0.4) is 0 Å². The van der Waals surface area contributed by atoms with E-state index in [-0.39, 0.29) is 12.3 Å². The first-order chi connectivity index (χ1) is 15.0. The molecule has 0 unspecified atom stereocenters. The Morgan fingerprint density at radius 1 is 1.00 bits per heavy atom. The van der Waals surface area contributed by atoms with Crippen LogP contribution in [-0.2, 0) is 11.2 Å². The lowest BCUT2D eigenvalue weighted by Crippen LogP contribution is -2.44. The molecule has 162 valence electrons. The standard InChI is InChI=1S/C22H23N3O6/c1-4-14-7-5-6-8-18(14)30-13-21(26)23-24-22(27)17-12-20(31-25-17)16-11-15(28-2)9-10-19(16)29-3/h5-12H,4,13H2,1-3H3,(H,23,26)(H,24,27). The molecule has 0 saturated heterocycles. The van der Waals surface area contributed by atoms with Gasteiger partial charge in [-0.15, -0.1) is 0 Å². The number of hydrogen-bond acceptors (Lipinski definition) is 7. The molecule has 0 spiro atoms. The maximum absolute atomic E-state index is 12.3. The van der Waals surface area contributed by atoms with Crippen molar-refractivity contribution in [1.29, 1.82) is 0 Å². The van der Waals surface area contributed by atoms with Crippen LogP contribution in [0.5, 0.6) is 17.2 Å². The SMILES string of the molecule is CCc1ccccc1OCC(=O)NNC(=O)c1cc(-c2cc(OC)ccc2OC)on1. The van der Waals surface area contributed by atoms with Gasteiger partial charge >= 0.3 is 0 Å². The molecule has 0 aliphatic heterocycles. The van der Waals surface area contributed by atoms with Gasteiger partial charge in [0.25, 0.3) is 11.8 Å². The van der Waals surface area contributed by atoms with Crippen molar-refractivity contribution >= 4 is 11.8 Å². The first kappa shape index (κ1) is 21.7. The highest BCUT2D eigenvalue weighted by Crippen LogP contribution is 2.33. The smallest absolute Gasteiger partial charge is 0.291 e. The van der Waals surface area contributed by atoms with Gasteiger partial charge in [-0.3, -0.25) is 20.4 Å². The fourth-order valence-electron chi connectivity index (χ4n) is 2.82. The van der Waals surface area contributed by atoms with Crippen molar-refractivity contribution in [1.82, 2.24) is 16.0 Å². The molecule has 9 heteroatoms. The number of methoxy groups -OCH3 is 2. The third-order valence-electron chi connectivity index (χ3n) is 4.44. The molecule has 31 heavy (non-hydrogen) atoms. The second-order valence-electron chi connectivity index (χ2n) is 6.39. The Morgan fingerprint density at radius 2 is 1.81 bits per heavy atom. The first-order valence-corrected chi connectivity index (χ1v) is 9.54. The van der Waals surface area contributed by atoms with Gasteiger partial charge in [0.2, 0.25) is 0 Å². The number of aromatic nitrogens is 1. The Morgan fingerprint density at radius 3 is 2.55 bits per heavy atom. The van der Waals surface area contributed by atoms with Gasteiger partial charge in [-0.2, -0.15) is 0 Å². The molecule has 3 aromatic rings. The summed E-state index contributed by atoms with van der Waals surface area (Å²) in [4.78, 5) is 24.3. The quantitative estimate of drug-likeness (QED) is 0.534. The molecular formula is C22H23N3O6.